The molecule has 25 heavy (non-hydrogen) atoms. The molecule has 2 saturated heterocycles. The van der Waals surface area contributed by atoms with Crippen molar-refractivity contribution in [1.82, 2.24) is 5.32 Å². The van der Waals surface area contributed by atoms with Crippen molar-refractivity contribution in [2.45, 2.75) is 36.5 Å². The largest absolute Gasteiger partial charge is 0.504 e. The van der Waals surface area contributed by atoms with Gasteiger partial charge in [0.05, 0.1) is 5.41 Å². The van der Waals surface area contributed by atoms with Crippen LogP contribution in [0.25, 0.3) is 0 Å². The van der Waals surface area contributed by atoms with Crippen LogP contribution in [0, 0.1) is 5.41 Å². The number of Topliss-reactive ketones (excluding diaryl/α,β-unsaturated/α-hetero) is 4. The zero-order chi connectivity index (χ0) is 18.2. The molecule has 9 heteroatoms. The number of epoxide rings is 1. The molecule has 0 radical (unpaired) electrons. The van der Waals surface area contributed by atoms with Crippen LogP contribution in [0.15, 0.2) is 11.8 Å². The molecule has 4 aliphatic rings. The second-order valence-electron chi connectivity index (χ2n) is 6.95. The second-order valence-corrected chi connectivity index (χ2v) is 6.95. The van der Waals surface area contributed by atoms with Gasteiger partial charge >= 0.3 is 0 Å². The third-order valence-corrected chi connectivity index (χ3v) is 6.00. The predicted molar refractivity (Wildman–Crippen MR) is 79.4 cm³/mol. The molecule has 3 fully saturated rings. The Hall–Kier alpha value is -2.23. The quantitative estimate of drug-likeness (QED) is 0.384. The van der Waals surface area contributed by atoms with Crippen molar-refractivity contribution in [3.05, 3.63) is 11.8 Å². The summed E-state index contributed by atoms with van der Waals surface area (Å²) in [6, 6.07) is 0. The highest BCUT2D eigenvalue weighted by molar-refractivity contribution is 6.68. The van der Waals surface area contributed by atoms with E-state index in [2.05, 4.69) is 5.32 Å². The molecule has 1 spiro atoms. The van der Waals surface area contributed by atoms with Crippen LogP contribution in [0.3, 0.4) is 0 Å². The first kappa shape index (κ1) is 16.2. The van der Waals surface area contributed by atoms with Gasteiger partial charge in [-0.25, -0.2) is 0 Å². The van der Waals surface area contributed by atoms with E-state index in [-0.39, 0.29) is 25.9 Å². The number of rotatable bonds is 3. The topological polar surface area (TPSA) is 156 Å². The third-order valence-electron chi connectivity index (χ3n) is 6.00. The molecule has 4 rings (SSSR count). The summed E-state index contributed by atoms with van der Waals surface area (Å²) in [6.45, 7) is 0.208. The van der Waals surface area contributed by atoms with Gasteiger partial charge in [0.15, 0.2) is 23.4 Å². The monoisotopic (exact) mass is 348 g/mol. The molecule has 0 aromatic heterocycles. The Balaban J connectivity index is 1.97. The fourth-order valence-electron chi connectivity index (χ4n) is 4.91. The molecular weight excluding hydrogens is 332 g/mol. The minimum absolute atomic E-state index is 0.0345. The van der Waals surface area contributed by atoms with Crippen LogP contribution in [0.2, 0.25) is 0 Å². The molecule has 2 aliphatic heterocycles. The molecule has 1 saturated carbocycles. The van der Waals surface area contributed by atoms with Gasteiger partial charge in [-0.3, -0.25) is 24.0 Å². The highest BCUT2D eigenvalue weighted by Crippen LogP contribution is 2.63. The van der Waals surface area contributed by atoms with Crippen LogP contribution in [-0.2, 0) is 28.7 Å². The van der Waals surface area contributed by atoms with Crippen LogP contribution < -0.4 is 11.1 Å². The third kappa shape index (κ3) is 1.56. The fraction of sp³-hybridized carbons (Fsp3) is 0.562. The van der Waals surface area contributed by atoms with E-state index in [1.54, 1.807) is 0 Å². The van der Waals surface area contributed by atoms with Gasteiger partial charge in [0.1, 0.15) is 11.1 Å². The van der Waals surface area contributed by atoms with E-state index in [4.69, 9.17) is 10.5 Å². The Kier molecular flexibility index (Phi) is 3.05. The maximum Gasteiger partial charge on any atom is 0.269 e. The number of aliphatic hydroxyl groups is 1. The summed E-state index contributed by atoms with van der Waals surface area (Å²) >= 11 is 0. The lowest BCUT2D eigenvalue weighted by Gasteiger charge is -2.49. The van der Waals surface area contributed by atoms with E-state index < -0.39 is 63.8 Å². The number of allylic oxidation sites excluding steroid dienone is 2. The summed E-state index contributed by atoms with van der Waals surface area (Å²) in [5.41, 5.74) is 0.843. The van der Waals surface area contributed by atoms with Gasteiger partial charge in [0.2, 0.25) is 11.6 Å². The number of ether oxygens (including phenoxy) is 1. The van der Waals surface area contributed by atoms with Crippen molar-refractivity contribution in [2.75, 3.05) is 13.1 Å². The van der Waals surface area contributed by atoms with E-state index >= 15 is 0 Å². The van der Waals surface area contributed by atoms with E-state index in [0.29, 0.717) is 0 Å². The number of aliphatic hydroxyl groups excluding tert-OH is 1. The van der Waals surface area contributed by atoms with Gasteiger partial charge in [0, 0.05) is 12.5 Å². The molecule has 0 bridgehead atoms. The van der Waals surface area contributed by atoms with Crippen LogP contribution in [0.5, 0.6) is 0 Å². The predicted octanol–water partition coefficient (Wildman–Crippen LogP) is -2.10. The highest BCUT2D eigenvalue weighted by atomic mass is 16.6. The number of hydrogen-bond acceptors (Lipinski definition) is 9. The van der Waals surface area contributed by atoms with E-state index in [1.807, 2.05) is 0 Å². The van der Waals surface area contributed by atoms with Gasteiger partial charge in [-0.05, 0) is 25.9 Å². The Morgan fingerprint density at radius 3 is 2.68 bits per heavy atom. The van der Waals surface area contributed by atoms with Gasteiger partial charge in [-0.1, -0.05) is 0 Å². The molecule has 2 heterocycles. The van der Waals surface area contributed by atoms with Crippen molar-refractivity contribution in [3.63, 3.8) is 0 Å². The lowest BCUT2D eigenvalue weighted by Crippen LogP contribution is -2.75. The van der Waals surface area contributed by atoms with Crippen LogP contribution >= 0.6 is 0 Å². The first-order valence-corrected chi connectivity index (χ1v) is 8.01. The van der Waals surface area contributed by atoms with Gasteiger partial charge in [-0.2, -0.15) is 0 Å². The number of nitrogens with two attached hydrogens (primary N) is 1. The number of ketones is 5. The molecule has 4 atom stereocenters. The molecule has 132 valence electrons. The standard InChI is InChI=1S/C16H16N2O7/c17-3-1-14(6-8(20)7(19)5-9(14)21)16-12(24)10(22)11(23)13-15(16,25-13)2-4-18-16/h5,13,18-19H,1-4,6,17H2. The lowest BCUT2D eigenvalue weighted by molar-refractivity contribution is -0.157. The second kappa shape index (κ2) is 4.69. The summed E-state index contributed by atoms with van der Waals surface area (Å²) in [5.74, 6) is -5.30. The summed E-state index contributed by atoms with van der Waals surface area (Å²) in [6.07, 6.45) is -0.616. The highest BCUT2D eigenvalue weighted by Gasteiger charge is 2.86. The number of hydrogen-bond donors (Lipinski definition) is 3. The van der Waals surface area contributed by atoms with Crippen LogP contribution in [-0.4, -0.2) is 64.4 Å². The average Bonchev–Trinajstić information content (AvgIpc) is 3.16. The maximum atomic E-state index is 13.0. The minimum atomic E-state index is -1.82. The lowest BCUT2D eigenvalue weighted by atomic mass is 9.52. The zero-order valence-corrected chi connectivity index (χ0v) is 13.2. The van der Waals surface area contributed by atoms with Crippen molar-refractivity contribution in [2.24, 2.45) is 11.1 Å². The van der Waals surface area contributed by atoms with Crippen LogP contribution in [0.4, 0.5) is 0 Å². The van der Waals surface area contributed by atoms with Crippen LogP contribution in [0.1, 0.15) is 19.3 Å². The molecule has 0 amide bonds. The van der Waals surface area contributed by atoms with Gasteiger partial charge in [0.25, 0.3) is 5.78 Å². The SMILES string of the molecule is NCCC1(C23NCCC24OC4C(=O)C(=O)C3=O)CC(=O)C(O)=CC1=O. The van der Waals surface area contributed by atoms with Crippen molar-refractivity contribution < 1.29 is 33.8 Å². The molecule has 0 aromatic rings. The van der Waals surface area contributed by atoms with Gasteiger partial charge < -0.3 is 20.9 Å². The number of carbonyl (C=O) groups is 5. The molecular formula is C16H16N2O7. The van der Waals surface area contributed by atoms with Gasteiger partial charge in [-0.15, -0.1) is 0 Å². The summed E-state index contributed by atoms with van der Waals surface area (Å²) in [4.78, 5) is 62.4. The summed E-state index contributed by atoms with van der Waals surface area (Å²) in [5, 5.41) is 12.6. The Morgan fingerprint density at radius 2 is 2.00 bits per heavy atom. The Bertz CT molecular complexity index is 802. The number of carbonyl (C=O) groups excluding carboxylic acids is 5. The summed E-state index contributed by atoms with van der Waals surface area (Å²) in [7, 11) is 0. The Labute approximate surface area is 141 Å². The normalized spacial score (nSPS) is 43.0. The van der Waals surface area contributed by atoms with Crippen molar-refractivity contribution >= 4 is 28.9 Å². The zero-order valence-electron chi connectivity index (χ0n) is 13.2. The molecule has 4 N–H and O–H groups in total. The van der Waals surface area contributed by atoms with E-state index in [9.17, 15) is 29.1 Å². The minimum Gasteiger partial charge on any atom is -0.504 e. The first-order chi connectivity index (χ1) is 11.8. The van der Waals surface area contributed by atoms with Crippen molar-refractivity contribution in [3.8, 4) is 0 Å². The summed E-state index contributed by atoms with van der Waals surface area (Å²) < 4.78 is 5.54. The average molecular weight is 348 g/mol. The fourth-order valence-corrected chi connectivity index (χ4v) is 4.91. The maximum absolute atomic E-state index is 13.0. The Morgan fingerprint density at radius 1 is 1.28 bits per heavy atom. The molecule has 0 aromatic carbocycles. The first-order valence-electron chi connectivity index (χ1n) is 8.01. The van der Waals surface area contributed by atoms with E-state index in [0.717, 1.165) is 6.08 Å². The molecule has 2 aliphatic carbocycles. The molecule has 4 unspecified atom stereocenters. The number of nitrogens with one attached hydrogen (secondary N) is 1. The van der Waals surface area contributed by atoms with E-state index in [1.165, 1.54) is 0 Å². The van der Waals surface area contributed by atoms with Crippen molar-refractivity contribution in [1.29, 1.82) is 0 Å². The smallest absolute Gasteiger partial charge is 0.269 e. The molecule has 9 nitrogen and oxygen atoms in total.